The smallest absolute Gasteiger partial charge is 0.337 e. The summed E-state index contributed by atoms with van der Waals surface area (Å²) in [5.41, 5.74) is 5.52. The minimum Gasteiger partial charge on any atom is -0.465 e. The molecule has 204 valence electrons. The molecule has 0 saturated heterocycles. The summed E-state index contributed by atoms with van der Waals surface area (Å²) in [7, 11) is 1.37. The molecule has 0 unspecified atom stereocenters. The number of amides is 2. The van der Waals surface area contributed by atoms with Gasteiger partial charge in [-0.05, 0) is 97.7 Å². The zero-order valence-electron chi connectivity index (χ0n) is 22.1. The average molecular weight is 573 g/mol. The van der Waals surface area contributed by atoms with Crippen LogP contribution in [-0.4, -0.2) is 24.9 Å². The lowest BCUT2D eigenvalue weighted by atomic mass is 9.95. The van der Waals surface area contributed by atoms with Gasteiger partial charge in [0.2, 0.25) is 0 Å². The highest BCUT2D eigenvalue weighted by molar-refractivity contribution is 7.17. The Balaban J connectivity index is 1.26. The van der Waals surface area contributed by atoms with Crippen LogP contribution in [0.1, 0.15) is 65.5 Å². The van der Waals surface area contributed by atoms with Gasteiger partial charge in [0.1, 0.15) is 5.00 Å². The highest BCUT2D eigenvalue weighted by Gasteiger charge is 2.27. The summed E-state index contributed by atoms with van der Waals surface area (Å²) in [6.45, 7) is 0. The number of ether oxygens (including phenoxy) is 1. The summed E-state index contributed by atoms with van der Waals surface area (Å²) in [4.78, 5) is 39.3. The number of hydrogen-bond donors (Lipinski definition) is 2. The van der Waals surface area contributed by atoms with E-state index in [-0.39, 0.29) is 17.8 Å². The molecule has 6 nitrogen and oxygen atoms in total. The number of hydrogen-bond acceptors (Lipinski definition) is 5. The van der Waals surface area contributed by atoms with Gasteiger partial charge in [-0.15, -0.1) is 11.3 Å². The van der Waals surface area contributed by atoms with Crippen molar-refractivity contribution in [2.75, 3.05) is 17.7 Å². The van der Waals surface area contributed by atoms with E-state index in [1.165, 1.54) is 18.4 Å². The first-order chi connectivity index (χ1) is 19.4. The van der Waals surface area contributed by atoms with E-state index in [2.05, 4.69) is 10.6 Å². The Kier molecular flexibility index (Phi) is 8.63. The Bertz CT molecular complexity index is 1540. The van der Waals surface area contributed by atoms with Crippen LogP contribution in [0.2, 0.25) is 5.02 Å². The van der Waals surface area contributed by atoms with E-state index < -0.39 is 0 Å². The van der Waals surface area contributed by atoms with Crippen LogP contribution in [0.5, 0.6) is 0 Å². The fourth-order valence-corrected chi connectivity index (χ4v) is 6.33. The molecule has 0 aliphatic heterocycles. The van der Waals surface area contributed by atoms with Gasteiger partial charge in [-0.2, -0.15) is 0 Å². The summed E-state index contributed by atoms with van der Waals surface area (Å²) in [5.74, 6) is -0.860. The maximum absolute atomic E-state index is 13.5. The molecule has 5 rings (SSSR count). The van der Waals surface area contributed by atoms with Gasteiger partial charge in [0.15, 0.2) is 0 Å². The molecule has 0 atom stereocenters. The first-order valence-corrected chi connectivity index (χ1v) is 14.4. The highest BCUT2D eigenvalue weighted by Crippen LogP contribution is 2.39. The Morgan fingerprint density at radius 1 is 0.825 bits per heavy atom. The summed E-state index contributed by atoms with van der Waals surface area (Å²) in [6, 6.07) is 22.0. The first-order valence-electron chi connectivity index (χ1n) is 13.2. The number of esters is 1. The highest BCUT2D eigenvalue weighted by atomic mass is 35.5. The third kappa shape index (κ3) is 6.43. The number of fused-ring (bicyclic) bond motifs is 1. The Morgan fingerprint density at radius 3 is 2.17 bits per heavy atom. The zero-order chi connectivity index (χ0) is 28.1. The Labute approximate surface area is 242 Å². The van der Waals surface area contributed by atoms with Crippen LogP contribution in [0.25, 0.3) is 0 Å². The van der Waals surface area contributed by atoms with E-state index in [1.807, 2.05) is 36.4 Å². The maximum Gasteiger partial charge on any atom is 0.337 e. The summed E-state index contributed by atoms with van der Waals surface area (Å²) in [6.07, 6.45) is 5.47. The second kappa shape index (κ2) is 12.5. The molecule has 0 radical (unpaired) electrons. The second-order valence-electron chi connectivity index (χ2n) is 9.72. The fourth-order valence-electron chi connectivity index (χ4n) is 4.86. The third-order valence-corrected chi connectivity index (χ3v) is 8.44. The molecule has 4 aromatic rings. The molecule has 40 heavy (non-hydrogen) atoms. The quantitative estimate of drug-likeness (QED) is 0.216. The van der Waals surface area contributed by atoms with Gasteiger partial charge in [-0.3, -0.25) is 9.59 Å². The molecule has 3 aromatic carbocycles. The lowest BCUT2D eigenvalue weighted by Crippen LogP contribution is -2.18. The van der Waals surface area contributed by atoms with Crippen molar-refractivity contribution in [2.45, 2.75) is 38.5 Å². The van der Waals surface area contributed by atoms with E-state index in [4.69, 9.17) is 16.3 Å². The molecular weight excluding hydrogens is 544 g/mol. The number of methoxy groups -OCH3 is 1. The van der Waals surface area contributed by atoms with Crippen molar-refractivity contribution in [1.82, 2.24) is 0 Å². The van der Waals surface area contributed by atoms with Gasteiger partial charge in [0.25, 0.3) is 11.8 Å². The minimum atomic E-state index is -0.345. The second-order valence-corrected chi connectivity index (χ2v) is 11.3. The standard InChI is InChI=1S/C32H29ClN2O4S/c1-39-32(38)22-15-11-20(12-16-22)9-10-21-13-17-25(18-14-21)34-30(37)28-26-7-2-3-8-27(26)40-31(28)35-29(36)23-5-4-6-24(33)19-23/h4-6,11-19H,2-3,7-10H2,1H3,(H,34,37)(H,35,36). The van der Waals surface area contributed by atoms with Crippen LogP contribution < -0.4 is 10.6 Å². The van der Waals surface area contributed by atoms with Crippen LogP contribution in [-0.2, 0) is 30.4 Å². The van der Waals surface area contributed by atoms with Crippen LogP contribution in [0.4, 0.5) is 10.7 Å². The number of anilines is 2. The van der Waals surface area contributed by atoms with E-state index in [0.717, 1.165) is 60.1 Å². The van der Waals surface area contributed by atoms with Gasteiger partial charge in [-0.25, -0.2) is 4.79 Å². The lowest BCUT2D eigenvalue weighted by Gasteiger charge is -2.14. The Hall–Kier alpha value is -3.94. The Morgan fingerprint density at radius 2 is 1.50 bits per heavy atom. The molecule has 1 aliphatic rings. The largest absolute Gasteiger partial charge is 0.465 e. The van der Waals surface area contributed by atoms with Crippen LogP contribution >= 0.6 is 22.9 Å². The van der Waals surface area contributed by atoms with Crippen LogP contribution in [0, 0.1) is 0 Å². The molecule has 1 heterocycles. The number of nitrogens with one attached hydrogen (secondary N) is 2. The maximum atomic E-state index is 13.5. The van der Waals surface area contributed by atoms with Gasteiger partial charge < -0.3 is 15.4 Å². The molecule has 0 spiro atoms. The minimum absolute atomic E-state index is 0.223. The molecule has 1 aromatic heterocycles. The van der Waals surface area contributed by atoms with Crippen molar-refractivity contribution in [1.29, 1.82) is 0 Å². The molecule has 0 fully saturated rings. The van der Waals surface area contributed by atoms with Crippen LogP contribution in [0.3, 0.4) is 0 Å². The number of aryl methyl sites for hydroxylation is 3. The SMILES string of the molecule is COC(=O)c1ccc(CCc2ccc(NC(=O)c3c(NC(=O)c4cccc(Cl)c4)sc4c3CCCC4)cc2)cc1. The van der Waals surface area contributed by atoms with Crippen molar-refractivity contribution in [3.8, 4) is 0 Å². The predicted molar refractivity (Wildman–Crippen MR) is 160 cm³/mol. The van der Waals surface area contributed by atoms with Crippen LogP contribution in [0.15, 0.2) is 72.8 Å². The lowest BCUT2D eigenvalue weighted by molar-refractivity contribution is 0.0600. The van der Waals surface area contributed by atoms with E-state index >= 15 is 0 Å². The molecule has 8 heteroatoms. The first kappa shape index (κ1) is 27.6. The molecule has 0 saturated carbocycles. The van der Waals surface area contributed by atoms with Crippen molar-refractivity contribution in [3.63, 3.8) is 0 Å². The van der Waals surface area contributed by atoms with E-state index in [1.54, 1.807) is 36.4 Å². The fraction of sp³-hybridized carbons (Fsp3) is 0.219. The van der Waals surface area contributed by atoms with E-state index in [0.29, 0.717) is 32.4 Å². The summed E-state index contributed by atoms with van der Waals surface area (Å²) < 4.78 is 4.75. The topological polar surface area (TPSA) is 84.5 Å². The van der Waals surface area contributed by atoms with Gasteiger partial charge in [0, 0.05) is 21.2 Å². The monoisotopic (exact) mass is 572 g/mol. The zero-order valence-corrected chi connectivity index (χ0v) is 23.7. The molecule has 2 amide bonds. The molecule has 1 aliphatic carbocycles. The van der Waals surface area contributed by atoms with E-state index in [9.17, 15) is 14.4 Å². The molecule has 2 N–H and O–H groups in total. The van der Waals surface area contributed by atoms with Crippen molar-refractivity contribution >= 4 is 51.4 Å². The number of halogens is 1. The molecule has 0 bridgehead atoms. The summed E-state index contributed by atoms with van der Waals surface area (Å²) >= 11 is 7.56. The number of rotatable bonds is 8. The predicted octanol–water partition coefficient (Wildman–Crippen LogP) is 7.36. The summed E-state index contributed by atoms with van der Waals surface area (Å²) in [5, 5.41) is 7.05. The third-order valence-electron chi connectivity index (χ3n) is 7.00. The number of carbonyl (C=O) groups excluding carboxylic acids is 3. The number of benzene rings is 3. The van der Waals surface area contributed by atoms with Crippen molar-refractivity contribution in [3.05, 3.63) is 116 Å². The number of carbonyl (C=O) groups is 3. The van der Waals surface area contributed by atoms with Gasteiger partial charge in [0.05, 0.1) is 18.2 Å². The normalized spacial score (nSPS) is 12.3. The van der Waals surface area contributed by atoms with Gasteiger partial charge >= 0.3 is 5.97 Å². The van der Waals surface area contributed by atoms with Gasteiger partial charge in [-0.1, -0.05) is 41.9 Å². The van der Waals surface area contributed by atoms with Crippen molar-refractivity contribution < 1.29 is 19.1 Å². The molecular formula is C32H29ClN2O4S. The van der Waals surface area contributed by atoms with Crippen molar-refractivity contribution in [2.24, 2.45) is 0 Å². The number of thiophene rings is 1. The average Bonchev–Trinajstić information content (AvgIpc) is 3.34.